The summed E-state index contributed by atoms with van der Waals surface area (Å²) < 4.78 is 27.2. The Hall–Kier alpha value is -0.820. The van der Waals surface area contributed by atoms with E-state index in [0.29, 0.717) is 28.9 Å². The normalized spacial score (nSPS) is 12.3. The third-order valence-corrected chi connectivity index (χ3v) is 5.32. The predicted octanol–water partition coefficient (Wildman–Crippen LogP) is 2.24. The zero-order chi connectivity index (χ0) is 16.2. The fourth-order valence-electron chi connectivity index (χ4n) is 1.82. The molecule has 3 N–H and O–H groups in total. The van der Waals surface area contributed by atoms with Crippen molar-refractivity contribution >= 4 is 27.3 Å². The molecule has 0 fully saturated rings. The highest BCUT2D eigenvalue weighted by atomic mass is 35.5. The monoisotopic (exact) mass is 333 g/mol. The minimum absolute atomic E-state index is 0.143. The van der Waals surface area contributed by atoms with E-state index in [1.54, 1.807) is 13.0 Å². The number of hydrogen-bond acceptors (Lipinski definition) is 4. The molecule has 1 aromatic carbocycles. The smallest absolute Gasteiger partial charge is 0.240 e. The molecule has 0 atom stereocenters. The second-order valence-corrected chi connectivity index (χ2v) is 7.62. The number of nitrogen functional groups attached to an aromatic ring is 1. The zero-order valence-corrected chi connectivity index (χ0v) is 14.6. The van der Waals surface area contributed by atoms with Crippen LogP contribution in [0.3, 0.4) is 0 Å². The summed E-state index contributed by atoms with van der Waals surface area (Å²) in [6, 6.07) is 3.42. The second-order valence-electron chi connectivity index (χ2n) is 5.44. The third-order valence-electron chi connectivity index (χ3n) is 3.52. The van der Waals surface area contributed by atoms with Crippen molar-refractivity contribution in [3.63, 3.8) is 0 Å². The van der Waals surface area contributed by atoms with Crippen LogP contribution in [0.4, 0.5) is 5.69 Å². The zero-order valence-electron chi connectivity index (χ0n) is 13.0. The van der Waals surface area contributed by atoms with Gasteiger partial charge in [-0.25, -0.2) is 13.1 Å². The van der Waals surface area contributed by atoms with Crippen molar-refractivity contribution in [2.45, 2.75) is 38.1 Å². The maximum Gasteiger partial charge on any atom is 0.240 e. The van der Waals surface area contributed by atoms with Gasteiger partial charge in [0.25, 0.3) is 0 Å². The minimum Gasteiger partial charge on any atom is -0.398 e. The number of rotatable bonds is 7. The lowest BCUT2D eigenvalue weighted by Crippen LogP contribution is -2.31. The number of sulfonamides is 1. The fraction of sp³-hybridized carbons (Fsp3) is 0.571. The molecule has 0 heterocycles. The summed E-state index contributed by atoms with van der Waals surface area (Å²) in [5.41, 5.74) is 6.66. The van der Waals surface area contributed by atoms with E-state index >= 15 is 0 Å². The molecule has 0 saturated carbocycles. The van der Waals surface area contributed by atoms with E-state index < -0.39 is 10.0 Å². The van der Waals surface area contributed by atoms with Gasteiger partial charge in [-0.1, -0.05) is 11.6 Å². The molecule has 0 radical (unpaired) electrons. The molecule has 0 amide bonds. The molecule has 21 heavy (non-hydrogen) atoms. The Morgan fingerprint density at radius 3 is 2.57 bits per heavy atom. The summed E-state index contributed by atoms with van der Waals surface area (Å²) in [5, 5.41) is 0.318. The Morgan fingerprint density at radius 1 is 1.38 bits per heavy atom. The van der Waals surface area contributed by atoms with Gasteiger partial charge in [-0.15, -0.1) is 0 Å². The van der Waals surface area contributed by atoms with E-state index in [4.69, 9.17) is 17.3 Å². The lowest BCUT2D eigenvalue weighted by molar-refractivity contribution is 0.271. The summed E-state index contributed by atoms with van der Waals surface area (Å²) >= 11 is 5.89. The average molecular weight is 334 g/mol. The number of nitrogens with one attached hydrogen (secondary N) is 1. The molecular weight excluding hydrogens is 310 g/mol. The van der Waals surface area contributed by atoms with Crippen molar-refractivity contribution in [1.29, 1.82) is 0 Å². The SMILES string of the molecule is Cc1c(N)cc(Cl)cc1S(=O)(=O)NCCCN(C)C(C)C. The highest BCUT2D eigenvalue weighted by Gasteiger charge is 2.18. The molecule has 120 valence electrons. The van der Waals surface area contributed by atoms with Crippen LogP contribution < -0.4 is 10.5 Å². The summed E-state index contributed by atoms with van der Waals surface area (Å²) in [7, 11) is -1.57. The maximum absolute atomic E-state index is 12.3. The van der Waals surface area contributed by atoms with Crippen LogP contribution in [0.2, 0.25) is 5.02 Å². The maximum atomic E-state index is 12.3. The molecule has 0 aliphatic rings. The van der Waals surface area contributed by atoms with Gasteiger partial charge in [0.2, 0.25) is 10.0 Å². The number of benzene rings is 1. The first-order chi connectivity index (χ1) is 9.65. The Balaban J connectivity index is 2.71. The predicted molar refractivity (Wildman–Crippen MR) is 88.2 cm³/mol. The number of hydrogen-bond donors (Lipinski definition) is 2. The van der Waals surface area contributed by atoms with Crippen LogP contribution >= 0.6 is 11.6 Å². The first-order valence-electron chi connectivity index (χ1n) is 6.90. The van der Waals surface area contributed by atoms with E-state index in [1.807, 2.05) is 7.05 Å². The molecule has 7 heteroatoms. The van der Waals surface area contributed by atoms with Gasteiger partial charge in [0.05, 0.1) is 4.90 Å². The van der Waals surface area contributed by atoms with Gasteiger partial charge in [-0.3, -0.25) is 0 Å². The van der Waals surface area contributed by atoms with Crippen LogP contribution in [-0.2, 0) is 10.0 Å². The van der Waals surface area contributed by atoms with Crippen molar-refractivity contribution in [1.82, 2.24) is 9.62 Å². The number of anilines is 1. The minimum atomic E-state index is -3.59. The third kappa shape index (κ3) is 5.14. The molecule has 1 rings (SSSR count). The van der Waals surface area contributed by atoms with Crippen molar-refractivity contribution in [2.24, 2.45) is 0 Å². The Bertz CT molecular complexity index is 588. The quantitative estimate of drug-likeness (QED) is 0.592. The van der Waals surface area contributed by atoms with E-state index in [2.05, 4.69) is 23.5 Å². The fourth-order valence-corrected chi connectivity index (χ4v) is 3.49. The lowest BCUT2D eigenvalue weighted by Gasteiger charge is -2.20. The molecule has 0 aliphatic carbocycles. The summed E-state index contributed by atoms with van der Waals surface area (Å²) in [6.45, 7) is 7.08. The number of nitrogens with zero attached hydrogens (tertiary/aromatic N) is 1. The van der Waals surface area contributed by atoms with Gasteiger partial charge in [-0.2, -0.15) is 0 Å². The first-order valence-corrected chi connectivity index (χ1v) is 8.76. The van der Waals surface area contributed by atoms with Gasteiger partial charge < -0.3 is 10.6 Å². The Kier molecular flexibility index (Phi) is 6.46. The van der Waals surface area contributed by atoms with Gasteiger partial charge in [0, 0.05) is 23.3 Å². The van der Waals surface area contributed by atoms with Gasteiger partial charge in [-0.05, 0) is 58.5 Å². The molecule has 0 saturated heterocycles. The Morgan fingerprint density at radius 2 is 2.00 bits per heavy atom. The number of halogens is 1. The molecule has 1 aromatic rings. The van der Waals surface area contributed by atoms with Gasteiger partial charge >= 0.3 is 0 Å². The van der Waals surface area contributed by atoms with Crippen LogP contribution in [0.1, 0.15) is 25.8 Å². The lowest BCUT2D eigenvalue weighted by atomic mass is 10.2. The summed E-state index contributed by atoms with van der Waals surface area (Å²) in [5.74, 6) is 0. The van der Waals surface area contributed by atoms with Crippen molar-refractivity contribution < 1.29 is 8.42 Å². The summed E-state index contributed by atoms with van der Waals surface area (Å²) in [6.07, 6.45) is 0.739. The number of nitrogens with two attached hydrogens (primary N) is 1. The first kappa shape index (κ1) is 18.2. The van der Waals surface area contributed by atoms with E-state index in [0.717, 1.165) is 13.0 Å². The van der Waals surface area contributed by atoms with Crippen LogP contribution in [-0.4, -0.2) is 39.5 Å². The van der Waals surface area contributed by atoms with Crippen LogP contribution in [0, 0.1) is 6.92 Å². The highest BCUT2D eigenvalue weighted by molar-refractivity contribution is 7.89. The van der Waals surface area contributed by atoms with E-state index in [9.17, 15) is 8.42 Å². The molecule has 0 aromatic heterocycles. The second kappa shape index (κ2) is 7.45. The summed E-state index contributed by atoms with van der Waals surface area (Å²) in [4.78, 5) is 2.31. The van der Waals surface area contributed by atoms with Crippen LogP contribution in [0.15, 0.2) is 17.0 Å². The molecule has 0 spiro atoms. The average Bonchev–Trinajstić information content (AvgIpc) is 2.38. The molecule has 5 nitrogen and oxygen atoms in total. The molecule has 0 unspecified atom stereocenters. The largest absolute Gasteiger partial charge is 0.398 e. The topological polar surface area (TPSA) is 75.4 Å². The van der Waals surface area contributed by atoms with Crippen molar-refractivity contribution in [2.75, 3.05) is 25.9 Å². The van der Waals surface area contributed by atoms with E-state index in [-0.39, 0.29) is 4.90 Å². The highest BCUT2D eigenvalue weighted by Crippen LogP contribution is 2.25. The molecule has 0 bridgehead atoms. The van der Waals surface area contributed by atoms with Crippen molar-refractivity contribution in [3.8, 4) is 0 Å². The van der Waals surface area contributed by atoms with E-state index in [1.165, 1.54) is 6.07 Å². The molecule has 0 aliphatic heterocycles. The Labute approximate surface area is 132 Å². The molecular formula is C14H24ClN3O2S. The van der Waals surface area contributed by atoms with Gasteiger partial charge in [0.15, 0.2) is 0 Å². The van der Waals surface area contributed by atoms with Crippen molar-refractivity contribution in [3.05, 3.63) is 22.7 Å². The van der Waals surface area contributed by atoms with Crippen LogP contribution in [0.5, 0.6) is 0 Å². The van der Waals surface area contributed by atoms with Gasteiger partial charge in [0.1, 0.15) is 0 Å². The van der Waals surface area contributed by atoms with Crippen LogP contribution in [0.25, 0.3) is 0 Å². The standard InChI is InChI=1S/C14H24ClN3O2S/c1-10(2)18(4)7-5-6-17-21(19,20)14-9-12(15)8-13(16)11(14)3/h8-10,17H,5-7,16H2,1-4H3.